The largest absolute Gasteiger partial charge is 0.469 e. The van der Waals surface area contributed by atoms with Crippen LogP contribution in [-0.4, -0.2) is 49.4 Å². The minimum Gasteiger partial charge on any atom is -0.469 e. The van der Waals surface area contributed by atoms with E-state index in [1.165, 1.54) is 12.7 Å². The highest BCUT2D eigenvalue weighted by molar-refractivity contribution is 5.71. The van der Waals surface area contributed by atoms with Gasteiger partial charge in [-0.25, -0.2) is 4.79 Å². The maximum absolute atomic E-state index is 12.6. The van der Waals surface area contributed by atoms with Crippen molar-refractivity contribution >= 4 is 12.1 Å². The van der Waals surface area contributed by atoms with E-state index in [1.54, 1.807) is 0 Å². The minimum absolute atomic E-state index is 0.0420. The van der Waals surface area contributed by atoms with Crippen LogP contribution in [0.25, 0.3) is 0 Å². The Morgan fingerprint density at radius 3 is 2.52 bits per heavy atom. The first kappa shape index (κ1) is 17.5. The third-order valence-electron chi connectivity index (χ3n) is 4.60. The molecule has 2 heterocycles. The van der Waals surface area contributed by atoms with Crippen molar-refractivity contribution < 1.29 is 23.8 Å². The number of hydrogen-bond acceptors (Lipinski definition) is 5. The van der Waals surface area contributed by atoms with E-state index in [4.69, 9.17) is 9.47 Å². The summed E-state index contributed by atoms with van der Waals surface area (Å²) in [7, 11) is 1.38. The molecule has 0 N–H and O–H groups in total. The quantitative estimate of drug-likeness (QED) is 0.620. The van der Waals surface area contributed by atoms with Crippen LogP contribution < -0.4 is 0 Å². The summed E-state index contributed by atoms with van der Waals surface area (Å²) in [5.41, 5.74) is 2.14. The summed E-state index contributed by atoms with van der Waals surface area (Å²) in [6, 6.07) is 9.55. The van der Waals surface area contributed by atoms with Crippen LogP contribution in [0.4, 0.5) is 4.79 Å². The van der Waals surface area contributed by atoms with Crippen molar-refractivity contribution in [3.8, 4) is 0 Å². The number of fused-ring (bicyclic) bond motifs is 2. The molecular formula is C19H23NO5. The van der Waals surface area contributed by atoms with Crippen molar-refractivity contribution in [1.29, 1.82) is 0 Å². The molecule has 2 aliphatic heterocycles. The van der Waals surface area contributed by atoms with E-state index >= 15 is 0 Å². The maximum Gasteiger partial charge on any atom is 0.410 e. The summed E-state index contributed by atoms with van der Waals surface area (Å²) in [5.74, 6) is -0.251. The zero-order valence-corrected chi connectivity index (χ0v) is 14.3. The van der Waals surface area contributed by atoms with Crippen LogP contribution in [0.1, 0.15) is 24.8 Å². The van der Waals surface area contributed by atoms with E-state index in [-0.39, 0.29) is 37.2 Å². The first-order valence-corrected chi connectivity index (χ1v) is 8.49. The van der Waals surface area contributed by atoms with E-state index in [1.807, 2.05) is 41.3 Å². The van der Waals surface area contributed by atoms with Gasteiger partial charge in [-0.3, -0.25) is 9.69 Å². The highest BCUT2D eigenvalue weighted by atomic mass is 16.6. The molecule has 6 nitrogen and oxygen atoms in total. The number of methoxy groups -OCH3 is 1. The number of amides is 1. The fourth-order valence-electron chi connectivity index (χ4n) is 3.37. The number of ether oxygens (including phenoxy) is 3. The van der Waals surface area contributed by atoms with Crippen LogP contribution in [0.2, 0.25) is 0 Å². The number of esters is 1. The van der Waals surface area contributed by atoms with Crippen LogP contribution >= 0.6 is 0 Å². The number of hydrogen-bond donors (Lipinski definition) is 0. The minimum atomic E-state index is -0.297. The molecule has 0 spiro atoms. The second kappa shape index (κ2) is 8.16. The van der Waals surface area contributed by atoms with E-state index < -0.39 is 0 Å². The van der Waals surface area contributed by atoms with E-state index in [2.05, 4.69) is 4.74 Å². The highest BCUT2D eigenvalue weighted by Crippen LogP contribution is 2.32. The molecule has 25 heavy (non-hydrogen) atoms. The van der Waals surface area contributed by atoms with Gasteiger partial charge < -0.3 is 14.2 Å². The summed E-state index contributed by atoms with van der Waals surface area (Å²) >= 11 is 0. The molecule has 0 aliphatic carbocycles. The van der Waals surface area contributed by atoms with E-state index in [9.17, 15) is 9.59 Å². The van der Waals surface area contributed by atoms with Crippen LogP contribution in [0.15, 0.2) is 42.0 Å². The van der Waals surface area contributed by atoms with Gasteiger partial charge in [0.25, 0.3) is 0 Å². The van der Waals surface area contributed by atoms with Gasteiger partial charge in [0.1, 0.15) is 6.61 Å². The van der Waals surface area contributed by atoms with Gasteiger partial charge in [-0.15, -0.1) is 0 Å². The Morgan fingerprint density at radius 2 is 1.88 bits per heavy atom. The number of nitrogens with zero attached hydrogens (tertiary/aromatic N) is 1. The molecule has 2 saturated heterocycles. The summed E-state index contributed by atoms with van der Waals surface area (Å²) in [6.07, 6.45) is 3.30. The molecule has 0 radical (unpaired) electrons. The summed E-state index contributed by atoms with van der Waals surface area (Å²) in [6.45, 7) is 1.25. The Balaban J connectivity index is 1.61. The first-order valence-electron chi connectivity index (χ1n) is 8.49. The molecule has 0 aromatic heterocycles. The molecule has 3 rings (SSSR count). The molecule has 2 fully saturated rings. The topological polar surface area (TPSA) is 65.1 Å². The van der Waals surface area contributed by atoms with E-state index in [0.717, 1.165) is 5.56 Å². The number of benzene rings is 1. The SMILES string of the molecule is COC(=O)CC=C1CC2COCC(C1)N2C(=O)OCc1ccccc1. The molecule has 2 bridgehead atoms. The molecule has 2 atom stereocenters. The van der Waals surface area contributed by atoms with Gasteiger partial charge in [0.2, 0.25) is 0 Å². The summed E-state index contributed by atoms with van der Waals surface area (Å²) in [4.78, 5) is 25.7. The molecule has 1 aromatic carbocycles. The van der Waals surface area contributed by atoms with Crippen LogP contribution in [0, 0.1) is 0 Å². The van der Waals surface area contributed by atoms with Gasteiger partial charge in [0, 0.05) is 0 Å². The number of morpholine rings is 1. The standard InChI is InChI=1S/C19H23NO5/c1-23-18(21)8-7-15-9-16-12-24-13-17(10-15)20(16)19(22)25-11-14-5-3-2-4-6-14/h2-7,16-17H,8-13H2,1H3. The predicted molar refractivity (Wildman–Crippen MR) is 90.8 cm³/mol. The molecular weight excluding hydrogens is 322 g/mol. The highest BCUT2D eigenvalue weighted by Gasteiger charge is 2.40. The molecule has 2 unspecified atom stereocenters. The lowest BCUT2D eigenvalue weighted by molar-refractivity contribution is -0.139. The molecule has 6 heteroatoms. The lowest BCUT2D eigenvalue weighted by Gasteiger charge is -2.45. The normalized spacial score (nSPS) is 22.3. The Labute approximate surface area is 147 Å². The van der Waals surface area contributed by atoms with Crippen LogP contribution in [0.3, 0.4) is 0 Å². The van der Waals surface area contributed by atoms with Gasteiger partial charge in [0.15, 0.2) is 0 Å². The monoisotopic (exact) mass is 345 g/mol. The van der Waals surface area contributed by atoms with Crippen LogP contribution in [-0.2, 0) is 25.6 Å². The Kier molecular flexibility index (Phi) is 5.71. The molecule has 2 aliphatic rings. The second-order valence-electron chi connectivity index (χ2n) is 6.34. The number of carbonyl (C=O) groups excluding carboxylic acids is 2. The molecule has 134 valence electrons. The molecule has 1 aromatic rings. The third kappa shape index (κ3) is 4.39. The van der Waals surface area contributed by atoms with Gasteiger partial charge in [0.05, 0.1) is 38.8 Å². The predicted octanol–water partition coefficient (Wildman–Crippen LogP) is 2.68. The lowest BCUT2D eigenvalue weighted by atomic mass is 9.89. The average molecular weight is 345 g/mol. The molecule has 1 amide bonds. The lowest BCUT2D eigenvalue weighted by Crippen LogP contribution is -2.57. The van der Waals surface area contributed by atoms with Crippen molar-refractivity contribution in [3.63, 3.8) is 0 Å². The fourth-order valence-corrected chi connectivity index (χ4v) is 3.37. The molecule has 0 saturated carbocycles. The van der Waals surface area contributed by atoms with Crippen molar-refractivity contribution in [3.05, 3.63) is 47.5 Å². The zero-order valence-electron chi connectivity index (χ0n) is 14.3. The number of carbonyl (C=O) groups is 2. The fraction of sp³-hybridized carbons (Fsp3) is 0.474. The van der Waals surface area contributed by atoms with Crippen LogP contribution in [0.5, 0.6) is 0 Å². The van der Waals surface area contributed by atoms with Crippen molar-refractivity contribution in [1.82, 2.24) is 4.90 Å². The Morgan fingerprint density at radius 1 is 1.20 bits per heavy atom. The zero-order chi connectivity index (χ0) is 17.6. The van der Waals surface area contributed by atoms with Gasteiger partial charge in [-0.2, -0.15) is 0 Å². The first-order chi connectivity index (χ1) is 12.2. The average Bonchev–Trinajstić information content (AvgIpc) is 2.64. The van der Waals surface area contributed by atoms with E-state index in [0.29, 0.717) is 26.1 Å². The smallest absolute Gasteiger partial charge is 0.410 e. The number of rotatable bonds is 4. The number of piperidine rings is 1. The summed E-state index contributed by atoms with van der Waals surface area (Å²) < 4.78 is 15.8. The Bertz CT molecular complexity index is 626. The van der Waals surface area contributed by atoms with Crippen molar-refractivity contribution in [2.24, 2.45) is 0 Å². The Hall–Kier alpha value is -2.34. The maximum atomic E-state index is 12.6. The van der Waals surface area contributed by atoms with Gasteiger partial charge in [-0.05, 0) is 18.4 Å². The van der Waals surface area contributed by atoms with Crippen molar-refractivity contribution in [2.75, 3.05) is 20.3 Å². The van der Waals surface area contributed by atoms with Gasteiger partial charge in [-0.1, -0.05) is 42.0 Å². The summed E-state index contributed by atoms with van der Waals surface area (Å²) in [5, 5.41) is 0. The second-order valence-corrected chi connectivity index (χ2v) is 6.34. The third-order valence-corrected chi connectivity index (χ3v) is 4.60. The van der Waals surface area contributed by atoms with Gasteiger partial charge >= 0.3 is 12.1 Å². The van der Waals surface area contributed by atoms with Crippen molar-refractivity contribution in [2.45, 2.75) is 38.0 Å².